The molecular weight excluding hydrogens is 952 g/mol. The number of aromatic hydroxyl groups is 1. The minimum absolute atomic E-state index is 0. The summed E-state index contributed by atoms with van der Waals surface area (Å²) in [5, 5.41) is 22.1. The molecule has 5 nitrogen and oxygen atoms in total. The largest absolute Gasteiger partial charge is 0.507 e. The number of nitriles is 1. The summed E-state index contributed by atoms with van der Waals surface area (Å²) in [7, 11) is 0. The average molecular weight is 1020 g/mol. The SMILES string of the molecule is CC(C)(C)c1cc(-c2cc(C(C)(C)C)cc(-c3cc(C(C)(C)C)cc(C(C)(C)C)c3O)n2)[c-]c(-c2nc3cc(C#N)ccc3n2-c2ccc(C(C)(C)C)cc2-c2ccccc2)c1.[Pt]. The van der Waals surface area contributed by atoms with Gasteiger partial charge in [-0.1, -0.05) is 164 Å². The zero-order valence-corrected chi connectivity index (χ0v) is 42.1. The first kappa shape index (κ1) is 47.2. The van der Waals surface area contributed by atoms with Gasteiger partial charge in [0.2, 0.25) is 0 Å². The second-order valence-electron chi connectivity index (χ2n) is 22.2. The number of benzene rings is 5. The van der Waals surface area contributed by atoms with E-state index in [2.05, 4.69) is 199 Å². The standard InChI is InChI=1S/C57H63N4O.Pt/c1-53(2,3)39-22-24-49(43(29-39)36-19-17-16-18-20-36)61-50-23-21-35(34-58)25-48(50)60-52(61)38-26-37(27-40(28-38)54(4,5)6)46-32-42(56(10,11)12)33-47(59-46)44-30-41(55(7,8)9)31-45(51(44)62)57(13,14)15;/h16-25,27-33,62H,1-15H3;/q-1;. The Morgan fingerprint density at radius 2 is 1.10 bits per heavy atom. The normalized spacial score (nSPS) is 12.6. The maximum Gasteiger partial charge on any atom is 0.128 e. The molecule has 5 aromatic carbocycles. The Balaban J connectivity index is 0.00000661. The molecule has 0 spiro atoms. The van der Waals surface area contributed by atoms with Crippen LogP contribution in [0.3, 0.4) is 0 Å². The number of hydrogen-bond donors (Lipinski definition) is 1. The van der Waals surface area contributed by atoms with Crippen molar-refractivity contribution >= 4 is 11.0 Å². The third-order valence-corrected chi connectivity index (χ3v) is 12.0. The minimum atomic E-state index is -0.290. The third kappa shape index (κ3) is 9.63. The van der Waals surface area contributed by atoms with Crippen LogP contribution >= 0.6 is 0 Å². The van der Waals surface area contributed by atoms with Crippen molar-refractivity contribution in [2.75, 3.05) is 0 Å². The number of hydrogen-bond acceptors (Lipinski definition) is 4. The molecule has 1 N–H and O–H groups in total. The third-order valence-electron chi connectivity index (χ3n) is 12.0. The van der Waals surface area contributed by atoms with Crippen LogP contribution in [0.5, 0.6) is 5.75 Å². The van der Waals surface area contributed by atoms with Crippen molar-refractivity contribution in [2.24, 2.45) is 0 Å². The van der Waals surface area contributed by atoms with Gasteiger partial charge in [-0.15, -0.1) is 23.8 Å². The number of phenols is 1. The Morgan fingerprint density at radius 1 is 0.540 bits per heavy atom. The van der Waals surface area contributed by atoms with Crippen molar-refractivity contribution in [1.82, 2.24) is 14.5 Å². The predicted octanol–water partition coefficient (Wildman–Crippen LogP) is 15.0. The summed E-state index contributed by atoms with van der Waals surface area (Å²) in [6.45, 7) is 33.1. The first-order chi connectivity index (χ1) is 28.7. The van der Waals surface area contributed by atoms with Gasteiger partial charge >= 0.3 is 0 Å². The molecule has 6 heteroatoms. The van der Waals surface area contributed by atoms with Crippen LogP contribution in [0.25, 0.3) is 61.8 Å². The number of nitrogens with zero attached hydrogens (tertiary/aromatic N) is 4. The van der Waals surface area contributed by atoms with Gasteiger partial charge in [0.25, 0.3) is 0 Å². The second kappa shape index (κ2) is 16.7. The van der Waals surface area contributed by atoms with Crippen LogP contribution < -0.4 is 0 Å². The first-order valence-corrected chi connectivity index (χ1v) is 21.9. The Kier molecular flexibility index (Phi) is 12.5. The maximum absolute atomic E-state index is 12.1. The van der Waals surface area contributed by atoms with E-state index in [-0.39, 0.29) is 53.9 Å². The zero-order chi connectivity index (χ0) is 45.3. The summed E-state index contributed by atoms with van der Waals surface area (Å²) < 4.78 is 2.24. The van der Waals surface area contributed by atoms with Gasteiger partial charge in [0.1, 0.15) is 5.75 Å². The number of imidazole rings is 1. The van der Waals surface area contributed by atoms with Gasteiger partial charge in [-0.2, -0.15) is 5.26 Å². The van der Waals surface area contributed by atoms with E-state index >= 15 is 0 Å². The molecule has 63 heavy (non-hydrogen) atoms. The minimum Gasteiger partial charge on any atom is -0.507 e. The average Bonchev–Trinajstić information content (AvgIpc) is 3.57. The van der Waals surface area contributed by atoms with Crippen molar-refractivity contribution in [1.29, 1.82) is 5.26 Å². The summed E-state index contributed by atoms with van der Waals surface area (Å²) in [4.78, 5) is 10.8. The Bertz CT molecular complexity index is 2880. The molecule has 0 amide bonds. The van der Waals surface area contributed by atoms with Gasteiger partial charge in [0, 0.05) is 49.1 Å². The van der Waals surface area contributed by atoms with Crippen molar-refractivity contribution in [3.63, 3.8) is 0 Å². The summed E-state index contributed by atoms with van der Waals surface area (Å²) in [6.07, 6.45) is 0. The molecule has 0 radical (unpaired) electrons. The molecule has 2 heterocycles. The maximum atomic E-state index is 12.1. The van der Waals surface area contributed by atoms with Gasteiger partial charge in [-0.25, -0.2) is 0 Å². The van der Waals surface area contributed by atoms with Crippen LogP contribution in [-0.2, 0) is 48.1 Å². The molecule has 7 aromatic rings. The Morgan fingerprint density at radius 3 is 1.68 bits per heavy atom. The Hall–Kier alpha value is -5.30. The molecule has 0 aliphatic rings. The molecule has 0 fully saturated rings. The number of fused-ring (bicyclic) bond motifs is 1. The summed E-state index contributed by atoms with van der Waals surface area (Å²) >= 11 is 0. The summed E-state index contributed by atoms with van der Waals surface area (Å²) in [6, 6.07) is 42.2. The van der Waals surface area contributed by atoms with Crippen LogP contribution in [0.4, 0.5) is 0 Å². The molecule has 0 atom stereocenters. The van der Waals surface area contributed by atoms with Crippen molar-refractivity contribution in [3.8, 4) is 62.5 Å². The molecule has 0 aliphatic heterocycles. The molecule has 0 saturated carbocycles. The first-order valence-electron chi connectivity index (χ1n) is 21.9. The molecule has 0 bridgehead atoms. The van der Waals surface area contributed by atoms with Gasteiger partial charge in [0.15, 0.2) is 0 Å². The number of rotatable bonds is 5. The van der Waals surface area contributed by atoms with Crippen LogP contribution in [0.15, 0.2) is 103 Å². The fraction of sp³-hybridized carbons (Fsp3) is 0.351. The van der Waals surface area contributed by atoms with E-state index in [1.165, 1.54) is 5.56 Å². The topological polar surface area (TPSA) is 74.7 Å². The predicted molar refractivity (Wildman–Crippen MR) is 259 cm³/mol. The van der Waals surface area contributed by atoms with Crippen LogP contribution in [0.1, 0.15) is 137 Å². The number of phenolic OH excluding ortho intramolecular Hbond substituents is 1. The quantitative estimate of drug-likeness (QED) is 0.174. The van der Waals surface area contributed by atoms with Gasteiger partial charge in [0.05, 0.1) is 34.2 Å². The van der Waals surface area contributed by atoms with Gasteiger partial charge < -0.3 is 9.67 Å². The van der Waals surface area contributed by atoms with E-state index in [0.717, 1.165) is 84.0 Å². The second-order valence-corrected chi connectivity index (χ2v) is 22.2. The van der Waals surface area contributed by atoms with E-state index in [1.54, 1.807) is 0 Å². The van der Waals surface area contributed by atoms with Crippen LogP contribution in [0, 0.1) is 17.4 Å². The molecule has 0 aliphatic carbocycles. The molecular formula is C57H63N4OPt-. The van der Waals surface area contributed by atoms with E-state index in [4.69, 9.17) is 9.97 Å². The summed E-state index contributed by atoms with van der Waals surface area (Å²) in [5.74, 6) is 0.987. The van der Waals surface area contributed by atoms with E-state index in [1.807, 2.05) is 24.3 Å². The summed E-state index contributed by atoms with van der Waals surface area (Å²) in [5.41, 5.74) is 13.8. The van der Waals surface area contributed by atoms with Crippen molar-refractivity contribution in [2.45, 2.75) is 131 Å². The van der Waals surface area contributed by atoms with Crippen molar-refractivity contribution in [3.05, 3.63) is 143 Å². The van der Waals surface area contributed by atoms with E-state index < -0.39 is 0 Å². The zero-order valence-electron chi connectivity index (χ0n) is 39.9. The fourth-order valence-electron chi connectivity index (χ4n) is 7.96. The Labute approximate surface area is 390 Å². The van der Waals surface area contributed by atoms with Crippen LogP contribution in [0.2, 0.25) is 0 Å². The van der Waals surface area contributed by atoms with E-state index in [9.17, 15) is 10.4 Å². The number of aromatic nitrogens is 3. The number of pyridine rings is 1. The van der Waals surface area contributed by atoms with Gasteiger partial charge in [-0.3, -0.25) is 9.97 Å². The molecule has 7 rings (SSSR count). The molecule has 0 saturated heterocycles. The molecule has 2 aromatic heterocycles. The molecule has 328 valence electrons. The van der Waals surface area contributed by atoms with E-state index in [0.29, 0.717) is 5.56 Å². The van der Waals surface area contributed by atoms with Gasteiger partial charge in [-0.05, 0) is 91.8 Å². The molecule has 0 unspecified atom stereocenters. The monoisotopic (exact) mass is 1010 g/mol. The smallest absolute Gasteiger partial charge is 0.128 e. The fourth-order valence-corrected chi connectivity index (χ4v) is 7.96. The van der Waals surface area contributed by atoms with Crippen molar-refractivity contribution < 1.29 is 26.2 Å². The van der Waals surface area contributed by atoms with Crippen LogP contribution in [-0.4, -0.2) is 19.6 Å².